The second-order valence-corrected chi connectivity index (χ2v) is 4.92. The van der Waals surface area contributed by atoms with Crippen LogP contribution in [0.3, 0.4) is 0 Å². The molecule has 0 radical (unpaired) electrons. The Bertz CT molecular complexity index is 848. The highest BCUT2D eigenvalue weighted by Crippen LogP contribution is 2.21. The first-order chi connectivity index (χ1) is 10.1. The highest BCUT2D eigenvalue weighted by Gasteiger charge is 2.11. The molecule has 0 saturated carbocycles. The highest BCUT2D eigenvalue weighted by atomic mass is 16.5. The van der Waals surface area contributed by atoms with Crippen molar-refractivity contribution in [2.75, 3.05) is 5.73 Å². The van der Waals surface area contributed by atoms with E-state index in [0.29, 0.717) is 17.0 Å². The van der Waals surface area contributed by atoms with E-state index in [0.717, 1.165) is 11.4 Å². The van der Waals surface area contributed by atoms with Crippen LogP contribution in [0.15, 0.2) is 30.6 Å². The Balaban J connectivity index is 2.18. The Kier molecular flexibility index (Phi) is 3.09. The van der Waals surface area contributed by atoms with E-state index < -0.39 is 0 Å². The molecule has 0 fully saturated rings. The summed E-state index contributed by atoms with van der Waals surface area (Å²) in [6.07, 6.45) is 1.59. The number of imidazole rings is 1. The zero-order valence-electron chi connectivity index (χ0n) is 11.8. The first-order valence-corrected chi connectivity index (χ1v) is 6.59. The number of hydrogen-bond acceptors (Lipinski definition) is 5. The molecule has 0 unspecified atom stereocenters. The number of nitrogens with two attached hydrogens (primary N) is 1. The summed E-state index contributed by atoms with van der Waals surface area (Å²) in [4.78, 5) is 11.1. The van der Waals surface area contributed by atoms with Crippen molar-refractivity contribution in [2.24, 2.45) is 0 Å². The molecule has 0 aliphatic rings. The Morgan fingerprint density at radius 3 is 2.95 bits per heavy atom. The summed E-state index contributed by atoms with van der Waals surface area (Å²) in [7, 11) is 0. The van der Waals surface area contributed by atoms with Crippen LogP contribution in [0, 0.1) is 5.41 Å². The molecule has 0 atom stereocenters. The summed E-state index contributed by atoms with van der Waals surface area (Å²) in [6.45, 7) is 3.92. The van der Waals surface area contributed by atoms with Crippen LogP contribution >= 0.6 is 0 Å². The van der Waals surface area contributed by atoms with E-state index in [1.54, 1.807) is 4.57 Å². The lowest BCUT2D eigenvalue weighted by atomic mass is 10.3. The first kappa shape index (κ1) is 13.2. The maximum absolute atomic E-state index is 8.06. The minimum absolute atomic E-state index is 0.0220. The number of aromatic amines is 1. The van der Waals surface area contributed by atoms with Gasteiger partial charge in [-0.05, 0) is 26.0 Å². The van der Waals surface area contributed by atoms with Gasteiger partial charge in [0.2, 0.25) is 5.62 Å². The van der Waals surface area contributed by atoms with Gasteiger partial charge in [-0.1, -0.05) is 6.07 Å². The van der Waals surface area contributed by atoms with E-state index >= 15 is 0 Å². The second kappa shape index (κ2) is 4.93. The number of hydrogen-bond donors (Lipinski definition) is 3. The van der Waals surface area contributed by atoms with Crippen LogP contribution in [-0.4, -0.2) is 25.6 Å². The lowest BCUT2D eigenvalue weighted by Crippen LogP contribution is -2.24. The molecule has 0 aliphatic carbocycles. The maximum Gasteiger partial charge on any atom is 0.230 e. The Morgan fingerprint density at radius 1 is 1.38 bits per heavy atom. The molecule has 7 heteroatoms. The van der Waals surface area contributed by atoms with Crippen molar-refractivity contribution in [3.05, 3.63) is 36.2 Å². The smallest absolute Gasteiger partial charge is 0.230 e. The maximum atomic E-state index is 8.06. The van der Waals surface area contributed by atoms with Crippen LogP contribution in [0.1, 0.15) is 13.8 Å². The van der Waals surface area contributed by atoms with Gasteiger partial charge in [-0.2, -0.15) is 4.98 Å². The molecule has 2 heterocycles. The number of ether oxygens (including phenoxy) is 1. The third kappa shape index (κ3) is 2.33. The number of H-pyrrole nitrogens is 1. The Morgan fingerprint density at radius 2 is 2.19 bits per heavy atom. The number of benzene rings is 1. The fourth-order valence-electron chi connectivity index (χ4n) is 2.17. The number of nitrogen functional groups attached to an aromatic ring is 1. The van der Waals surface area contributed by atoms with Gasteiger partial charge in [0.15, 0.2) is 5.65 Å². The Labute approximate surface area is 120 Å². The SMILES string of the molecule is CC(C)Oc1cccc(-n2c(N)c3[nH]cnc3nc2=N)c1. The molecule has 2 aromatic heterocycles. The van der Waals surface area contributed by atoms with Crippen molar-refractivity contribution in [3.63, 3.8) is 0 Å². The monoisotopic (exact) mass is 284 g/mol. The van der Waals surface area contributed by atoms with Crippen LogP contribution < -0.4 is 16.1 Å². The lowest BCUT2D eigenvalue weighted by molar-refractivity contribution is 0.242. The summed E-state index contributed by atoms with van der Waals surface area (Å²) in [6, 6.07) is 7.41. The molecule has 108 valence electrons. The van der Waals surface area contributed by atoms with Gasteiger partial charge < -0.3 is 15.5 Å². The normalized spacial score (nSPS) is 11.2. The van der Waals surface area contributed by atoms with Crippen LogP contribution in [-0.2, 0) is 0 Å². The number of anilines is 1. The van der Waals surface area contributed by atoms with Crippen LogP contribution in [0.25, 0.3) is 16.9 Å². The summed E-state index contributed by atoms with van der Waals surface area (Å²) in [5.41, 5.74) is 7.93. The van der Waals surface area contributed by atoms with E-state index in [1.807, 2.05) is 38.1 Å². The van der Waals surface area contributed by atoms with Gasteiger partial charge in [-0.25, -0.2) is 4.98 Å². The first-order valence-electron chi connectivity index (χ1n) is 6.59. The third-order valence-corrected chi connectivity index (χ3v) is 2.99. The van der Waals surface area contributed by atoms with E-state index in [-0.39, 0.29) is 11.7 Å². The number of rotatable bonds is 3. The van der Waals surface area contributed by atoms with Crippen molar-refractivity contribution >= 4 is 17.0 Å². The molecule has 7 nitrogen and oxygen atoms in total. The van der Waals surface area contributed by atoms with Crippen molar-refractivity contribution in [1.82, 2.24) is 19.5 Å². The zero-order valence-corrected chi connectivity index (χ0v) is 11.8. The fourth-order valence-corrected chi connectivity index (χ4v) is 2.17. The average Bonchev–Trinajstić information content (AvgIpc) is 2.86. The molecular formula is C14H16N6O. The fraction of sp³-hybridized carbons (Fsp3) is 0.214. The van der Waals surface area contributed by atoms with Crippen LogP contribution in [0.2, 0.25) is 0 Å². The molecule has 1 aromatic carbocycles. The summed E-state index contributed by atoms with van der Waals surface area (Å²) < 4.78 is 7.22. The summed E-state index contributed by atoms with van der Waals surface area (Å²) in [5, 5.41) is 8.06. The Hall–Kier alpha value is -2.83. The van der Waals surface area contributed by atoms with Gasteiger partial charge in [0.25, 0.3) is 0 Å². The molecule has 4 N–H and O–H groups in total. The molecule has 0 spiro atoms. The largest absolute Gasteiger partial charge is 0.491 e. The number of nitrogens with zero attached hydrogens (tertiary/aromatic N) is 3. The molecule has 3 aromatic rings. The predicted molar refractivity (Wildman–Crippen MR) is 79.2 cm³/mol. The molecule has 21 heavy (non-hydrogen) atoms. The average molecular weight is 284 g/mol. The van der Waals surface area contributed by atoms with E-state index in [9.17, 15) is 0 Å². The highest BCUT2D eigenvalue weighted by molar-refractivity contribution is 5.81. The van der Waals surface area contributed by atoms with Gasteiger partial charge in [-0.15, -0.1) is 0 Å². The standard InChI is InChI=1S/C14H16N6O/c1-8(2)21-10-5-3-4-9(6-10)20-12(15)11-13(18-7-17-11)19-14(20)16/h3-8H,15H2,1-2H3,(H2,16,17,18,19). The number of aromatic nitrogens is 4. The molecular weight excluding hydrogens is 268 g/mol. The lowest BCUT2D eigenvalue weighted by Gasteiger charge is -2.14. The van der Waals surface area contributed by atoms with Crippen molar-refractivity contribution in [3.8, 4) is 11.4 Å². The zero-order chi connectivity index (χ0) is 15.0. The summed E-state index contributed by atoms with van der Waals surface area (Å²) >= 11 is 0. The van der Waals surface area contributed by atoms with E-state index in [2.05, 4.69) is 15.0 Å². The molecule has 0 aliphatic heterocycles. The van der Waals surface area contributed by atoms with E-state index in [4.69, 9.17) is 15.9 Å². The number of fused-ring (bicyclic) bond motifs is 1. The summed E-state index contributed by atoms with van der Waals surface area (Å²) in [5.74, 6) is 1.11. The van der Waals surface area contributed by atoms with Gasteiger partial charge in [-0.3, -0.25) is 9.98 Å². The van der Waals surface area contributed by atoms with Crippen molar-refractivity contribution in [1.29, 1.82) is 5.41 Å². The molecule has 0 amide bonds. The predicted octanol–water partition coefficient (Wildman–Crippen LogP) is 1.60. The van der Waals surface area contributed by atoms with Gasteiger partial charge in [0, 0.05) is 6.07 Å². The van der Waals surface area contributed by atoms with Crippen LogP contribution in [0.4, 0.5) is 5.82 Å². The number of nitrogens with one attached hydrogen (secondary N) is 2. The minimum atomic E-state index is 0.0220. The molecule has 0 bridgehead atoms. The molecule has 3 rings (SSSR count). The second-order valence-electron chi connectivity index (χ2n) is 4.92. The topological polar surface area (TPSA) is 106 Å². The molecule has 0 saturated heterocycles. The van der Waals surface area contributed by atoms with Crippen LogP contribution in [0.5, 0.6) is 5.75 Å². The quantitative estimate of drug-likeness (QED) is 0.679. The van der Waals surface area contributed by atoms with Gasteiger partial charge in [0.1, 0.15) is 17.1 Å². The van der Waals surface area contributed by atoms with Crippen molar-refractivity contribution in [2.45, 2.75) is 20.0 Å². The minimum Gasteiger partial charge on any atom is -0.491 e. The van der Waals surface area contributed by atoms with Crippen molar-refractivity contribution < 1.29 is 4.74 Å². The van der Waals surface area contributed by atoms with Gasteiger partial charge in [0.05, 0.1) is 18.1 Å². The van der Waals surface area contributed by atoms with E-state index in [1.165, 1.54) is 6.33 Å². The van der Waals surface area contributed by atoms with Gasteiger partial charge >= 0.3 is 0 Å². The third-order valence-electron chi connectivity index (χ3n) is 2.99.